The number of rotatable bonds is 7. The van der Waals surface area contributed by atoms with E-state index >= 15 is 0 Å². The van der Waals surface area contributed by atoms with Crippen LogP contribution in [0.1, 0.15) is 41.2 Å². The lowest BCUT2D eigenvalue weighted by atomic mass is 9.63. The molecule has 1 saturated carbocycles. The first-order valence-corrected chi connectivity index (χ1v) is 9.08. The first-order valence-electron chi connectivity index (χ1n) is 9.08. The Morgan fingerprint density at radius 3 is 2.30 bits per heavy atom. The number of hydrogen-bond donors (Lipinski definition) is 3. The van der Waals surface area contributed by atoms with Gasteiger partial charge in [-0.3, -0.25) is 9.59 Å². The van der Waals surface area contributed by atoms with Crippen LogP contribution in [0.5, 0.6) is 0 Å². The molecule has 1 atom stereocenters. The maximum absolute atomic E-state index is 12.8. The third kappa shape index (κ3) is 4.09. The van der Waals surface area contributed by atoms with E-state index < -0.39 is 0 Å². The van der Waals surface area contributed by atoms with Gasteiger partial charge < -0.3 is 15.7 Å². The van der Waals surface area contributed by atoms with Crippen molar-refractivity contribution in [2.45, 2.75) is 25.3 Å². The molecule has 0 radical (unpaired) electrons. The van der Waals surface area contributed by atoms with Crippen LogP contribution >= 0.6 is 0 Å². The highest BCUT2D eigenvalue weighted by atomic mass is 16.3. The molecule has 0 aromatic heterocycles. The van der Waals surface area contributed by atoms with Gasteiger partial charge in [0.1, 0.15) is 0 Å². The van der Waals surface area contributed by atoms with Crippen LogP contribution in [0.25, 0.3) is 0 Å². The van der Waals surface area contributed by atoms with Crippen LogP contribution < -0.4 is 10.6 Å². The fraction of sp³-hybridized carbons (Fsp3) is 0.273. The Labute approximate surface area is 159 Å². The first-order chi connectivity index (χ1) is 13.1. The van der Waals surface area contributed by atoms with Crippen molar-refractivity contribution in [1.82, 2.24) is 5.32 Å². The second-order valence-electron chi connectivity index (χ2n) is 6.96. The van der Waals surface area contributed by atoms with E-state index in [2.05, 4.69) is 17.2 Å². The molecule has 3 N–H and O–H groups in total. The molecule has 5 heteroatoms. The Kier molecular flexibility index (Phi) is 5.72. The normalized spacial score (nSPS) is 15.9. The minimum absolute atomic E-state index is 0.0410. The molecular weight excluding hydrogens is 340 g/mol. The summed E-state index contributed by atoms with van der Waals surface area (Å²) in [7, 11) is 0. The second-order valence-corrected chi connectivity index (χ2v) is 6.96. The molecule has 0 aliphatic heterocycles. The summed E-state index contributed by atoms with van der Waals surface area (Å²) in [5.41, 5.74) is 1.78. The Bertz CT molecular complexity index is 806. The molecule has 2 aromatic carbocycles. The SMILES string of the molecule is C=CC(=O)Nc1ccc(C(=O)NC(c2ccccc2)C2(CO)CCC2)cc1. The Hall–Kier alpha value is -2.92. The molecule has 140 valence electrons. The smallest absolute Gasteiger partial charge is 0.251 e. The van der Waals surface area contributed by atoms with Crippen LogP contribution in [0, 0.1) is 5.41 Å². The summed E-state index contributed by atoms with van der Waals surface area (Å²) in [6, 6.07) is 16.2. The van der Waals surface area contributed by atoms with Crippen molar-refractivity contribution in [3.63, 3.8) is 0 Å². The number of nitrogens with one attached hydrogen (secondary N) is 2. The minimum Gasteiger partial charge on any atom is -0.396 e. The second kappa shape index (κ2) is 8.18. The molecule has 2 amide bonds. The van der Waals surface area contributed by atoms with Gasteiger partial charge in [0.25, 0.3) is 5.91 Å². The number of hydrogen-bond acceptors (Lipinski definition) is 3. The predicted molar refractivity (Wildman–Crippen MR) is 105 cm³/mol. The fourth-order valence-corrected chi connectivity index (χ4v) is 3.52. The number of anilines is 1. The number of carbonyl (C=O) groups excluding carboxylic acids is 2. The summed E-state index contributed by atoms with van der Waals surface area (Å²) in [5, 5.41) is 15.8. The summed E-state index contributed by atoms with van der Waals surface area (Å²) in [4.78, 5) is 24.2. The lowest BCUT2D eigenvalue weighted by Crippen LogP contribution is -2.47. The standard InChI is InChI=1S/C22H24N2O3/c1-2-19(26)23-18-11-9-17(10-12-18)21(27)24-20(16-7-4-3-5-8-16)22(15-25)13-6-14-22/h2-5,7-12,20,25H,1,6,13-15H2,(H,23,26)(H,24,27). The predicted octanol–water partition coefficient (Wildman–Crippen LogP) is 3.44. The number of benzene rings is 2. The van der Waals surface area contributed by atoms with Gasteiger partial charge in [-0.1, -0.05) is 43.3 Å². The van der Waals surface area contributed by atoms with Crippen molar-refractivity contribution in [3.05, 3.63) is 78.4 Å². The lowest BCUT2D eigenvalue weighted by molar-refractivity contribution is -0.111. The van der Waals surface area contributed by atoms with Crippen LogP contribution in [-0.2, 0) is 4.79 Å². The van der Waals surface area contributed by atoms with Crippen LogP contribution in [0.15, 0.2) is 67.3 Å². The van der Waals surface area contributed by atoms with Gasteiger partial charge in [-0.25, -0.2) is 0 Å². The van der Waals surface area contributed by atoms with Gasteiger partial charge in [0.05, 0.1) is 12.6 Å². The van der Waals surface area contributed by atoms with Crippen LogP contribution in [0.4, 0.5) is 5.69 Å². The van der Waals surface area contributed by atoms with Crippen molar-refractivity contribution in [2.75, 3.05) is 11.9 Å². The average Bonchev–Trinajstić information content (AvgIpc) is 2.67. The zero-order valence-electron chi connectivity index (χ0n) is 15.2. The molecule has 0 spiro atoms. The van der Waals surface area contributed by atoms with Crippen molar-refractivity contribution < 1.29 is 14.7 Å². The highest BCUT2D eigenvalue weighted by Gasteiger charge is 2.45. The number of aliphatic hydroxyl groups is 1. The number of carbonyl (C=O) groups is 2. The Morgan fingerprint density at radius 2 is 1.78 bits per heavy atom. The van der Waals surface area contributed by atoms with Crippen molar-refractivity contribution in [1.29, 1.82) is 0 Å². The topological polar surface area (TPSA) is 78.4 Å². The highest BCUT2D eigenvalue weighted by Crippen LogP contribution is 2.49. The Balaban J connectivity index is 1.78. The molecule has 0 saturated heterocycles. The van der Waals surface area contributed by atoms with E-state index in [0.717, 1.165) is 24.8 Å². The largest absolute Gasteiger partial charge is 0.396 e. The van der Waals surface area contributed by atoms with Crippen LogP contribution in [-0.4, -0.2) is 23.5 Å². The minimum atomic E-state index is -0.311. The molecule has 2 aromatic rings. The maximum atomic E-state index is 12.8. The summed E-state index contributed by atoms with van der Waals surface area (Å²) in [6.45, 7) is 3.45. The summed E-state index contributed by atoms with van der Waals surface area (Å²) < 4.78 is 0. The molecule has 1 fully saturated rings. The molecule has 1 aliphatic carbocycles. The van der Waals surface area contributed by atoms with Gasteiger partial charge in [0, 0.05) is 16.7 Å². The van der Waals surface area contributed by atoms with Gasteiger partial charge in [-0.15, -0.1) is 0 Å². The van der Waals surface area contributed by atoms with Gasteiger partial charge in [-0.2, -0.15) is 0 Å². The molecule has 27 heavy (non-hydrogen) atoms. The van der Waals surface area contributed by atoms with Gasteiger partial charge in [0.2, 0.25) is 5.91 Å². The summed E-state index contributed by atoms with van der Waals surface area (Å²) in [6.07, 6.45) is 4.02. The Morgan fingerprint density at radius 1 is 1.11 bits per heavy atom. The third-order valence-electron chi connectivity index (χ3n) is 5.28. The first kappa shape index (κ1) is 18.9. The van der Waals surface area contributed by atoms with Crippen molar-refractivity contribution in [3.8, 4) is 0 Å². The van der Waals surface area contributed by atoms with E-state index in [0.29, 0.717) is 11.3 Å². The van der Waals surface area contributed by atoms with E-state index in [1.54, 1.807) is 24.3 Å². The number of aliphatic hydroxyl groups excluding tert-OH is 1. The molecule has 1 aliphatic rings. The maximum Gasteiger partial charge on any atom is 0.251 e. The number of amides is 2. The zero-order chi connectivity index (χ0) is 19.3. The van der Waals surface area contributed by atoms with Crippen molar-refractivity contribution in [2.24, 2.45) is 5.41 Å². The molecule has 1 unspecified atom stereocenters. The summed E-state index contributed by atoms with van der Waals surface area (Å²) in [5.74, 6) is -0.503. The zero-order valence-corrected chi connectivity index (χ0v) is 15.2. The van der Waals surface area contributed by atoms with E-state index in [4.69, 9.17) is 0 Å². The summed E-state index contributed by atoms with van der Waals surface area (Å²) >= 11 is 0. The van der Waals surface area contributed by atoms with Crippen LogP contribution in [0.2, 0.25) is 0 Å². The van der Waals surface area contributed by atoms with Gasteiger partial charge in [0.15, 0.2) is 0 Å². The molecule has 5 nitrogen and oxygen atoms in total. The monoisotopic (exact) mass is 364 g/mol. The molecule has 0 bridgehead atoms. The fourth-order valence-electron chi connectivity index (χ4n) is 3.52. The third-order valence-corrected chi connectivity index (χ3v) is 5.28. The highest BCUT2D eigenvalue weighted by molar-refractivity contribution is 5.99. The van der Waals surface area contributed by atoms with Crippen molar-refractivity contribution >= 4 is 17.5 Å². The van der Waals surface area contributed by atoms with Gasteiger partial charge in [-0.05, 0) is 48.7 Å². The van der Waals surface area contributed by atoms with E-state index in [1.807, 2.05) is 30.3 Å². The van der Waals surface area contributed by atoms with Gasteiger partial charge >= 0.3 is 0 Å². The van der Waals surface area contributed by atoms with Crippen LogP contribution in [0.3, 0.4) is 0 Å². The molecular formula is C22H24N2O3. The van der Waals surface area contributed by atoms with E-state index in [9.17, 15) is 14.7 Å². The quantitative estimate of drug-likeness (QED) is 0.659. The lowest BCUT2D eigenvalue weighted by Gasteiger charge is -2.47. The van der Waals surface area contributed by atoms with E-state index in [-0.39, 0.29) is 29.9 Å². The molecule has 3 rings (SSSR count). The molecule has 0 heterocycles. The van der Waals surface area contributed by atoms with E-state index in [1.165, 1.54) is 6.08 Å². The average molecular weight is 364 g/mol.